The van der Waals surface area contributed by atoms with E-state index in [1.807, 2.05) is 18.7 Å². The van der Waals surface area contributed by atoms with Crippen molar-refractivity contribution < 1.29 is 22.7 Å². The van der Waals surface area contributed by atoms with E-state index < -0.39 is 11.9 Å². The highest BCUT2D eigenvalue weighted by Crippen LogP contribution is 2.35. The summed E-state index contributed by atoms with van der Waals surface area (Å²) in [7, 11) is 1.48. The van der Waals surface area contributed by atoms with Crippen molar-refractivity contribution in [1.82, 2.24) is 14.7 Å². The van der Waals surface area contributed by atoms with E-state index in [4.69, 9.17) is 16.3 Å². The Balaban J connectivity index is 1.86. The monoisotopic (exact) mass is 429 g/mol. The second kappa shape index (κ2) is 8.36. The molecule has 1 aromatic heterocycles. The third-order valence-corrected chi connectivity index (χ3v) is 5.35. The molecule has 0 saturated carbocycles. The Labute approximate surface area is 172 Å². The number of ether oxygens (including phenoxy) is 1. The molecule has 2 heterocycles. The number of aromatic nitrogens is 2. The minimum Gasteiger partial charge on any atom is -0.496 e. The van der Waals surface area contributed by atoms with Crippen LogP contribution in [0.3, 0.4) is 0 Å². The number of nitrogens with zero attached hydrogens (tertiary/aromatic N) is 3. The highest BCUT2D eigenvalue weighted by atomic mass is 35.5. The molecule has 158 valence electrons. The first-order valence-electron chi connectivity index (χ1n) is 9.34. The number of rotatable bonds is 6. The molecule has 2 aromatic rings. The van der Waals surface area contributed by atoms with Gasteiger partial charge in [-0.05, 0) is 32.0 Å². The van der Waals surface area contributed by atoms with Gasteiger partial charge in [0.2, 0.25) is 0 Å². The van der Waals surface area contributed by atoms with Crippen LogP contribution in [-0.4, -0.2) is 40.2 Å². The zero-order valence-corrected chi connectivity index (χ0v) is 17.3. The lowest BCUT2D eigenvalue weighted by Crippen LogP contribution is -2.37. The van der Waals surface area contributed by atoms with Crippen LogP contribution in [-0.2, 0) is 36.9 Å². The van der Waals surface area contributed by atoms with Crippen molar-refractivity contribution in [2.75, 3.05) is 13.7 Å². The molecule has 0 unspecified atom stereocenters. The van der Waals surface area contributed by atoms with E-state index in [9.17, 15) is 18.0 Å². The fraction of sp³-hybridized carbons (Fsp3) is 0.500. The van der Waals surface area contributed by atoms with Crippen molar-refractivity contribution in [3.05, 3.63) is 45.7 Å². The quantitative estimate of drug-likeness (QED) is 0.692. The molecule has 0 aliphatic carbocycles. The van der Waals surface area contributed by atoms with E-state index in [-0.39, 0.29) is 36.9 Å². The normalized spacial score (nSPS) is 14.9. The molecule has 0 radical (unpaired) electrons. The first-order chi connectivity index (χ1) is 13.6. The maximum atomic E-state index is 13.5. The van der Waals surface area contributed by atoms with Gasteiger partial charge >= 0.3 is 6.18 Å². The summed E-state index contributed by atoms with van der Waals surface area (Å²) < 4.78 is 47.1. The SMILES string of the molecule is COc1ccc(Cl)cc1CC(=O)Cn1nc(C(F)(F)F)c2c1CCN(C(C)C)C2. The Morgan fingerprint density at radius 1 is 1.34 bits per heavy atom. The van der Waals surface area contributed by atoms with Crippen molar-refractivity contribution in [1.29, 1.82) is 0 Å². The average molecular weight is 430 g/mol. The maximum absolute atomic E-state index is 13.5. The topological polar surface area (TPSA) is 47.4 Å². The largest absolute Gasteiger partial charge is 0.496 e. The van der Waals surface area contributed by atoms with Gasteiger partial charge in [-0.15, -0.1) is 0 Å². The summed E-state index contributed by atoms with van der Waals surface area (Å²) in [6, 6.07) is 5.06. The van der Waals surface area contributed by atoms with Gasteiger partial charge in [-0.1, -0.05) is 11.6 Å². The second-order valence-electron chi connectivity index (χ2n) is 7.42. The zero-order chi connectivity index (χ0) is 21.3. The van der Waals surface area contributed by atoms with E-state index in [1.54, 1.807) is 18.2 Å². The van der Waals surface area contributed by atoms with Crippen molar-refractivity contribution in [2.45, 2.75) is 52.0 Å². The number of alkyl halides is 3. The van der Waals surface area contributed by atoms with Gasteiger partial charge in [0.25, 0.3) is 0 Å². The van der Waals surface area contributed by atoms with Crippen LogP contribution in [0.25, 0.3) is 0 Å². The molecular formula is C20H23ClF3N3O2. The molecule has 1 aromatic carbocycles. The summed E-state index contributed by atoms with van der Waals surface area (Å²) in [5, 5.41) is 4.24. The summed E-state index contributed by atoms with van der Waals surface area (Å²) >= 11 is 5.99. The number of carbonyl (C=O) groups excluding carboxylic acids is 1. The summed E-state index contributed by atoms with van der Waals surface area (Å²) in [5.74, 6) is 0.240. The van der Waals surface area contributed by atoms with E-state index in [1.165, 1.54) is 11.8 Å². The Hall–Kier alpha value is -2.06. The summed E-state index contributed by atoms with van der Waals surface area (Å²) in [4.78, 5) is 14.6. The Kier molecular flexibility index (Phi) is 6.24. The number of ketones is 1. The number of carbonyl (C=O) groups is 1. The predicted molar refractivity (Wildman–Crippen MR) is 103 cm³/mol. The molecule has 3 rings (SSSR count). The van der Waals surface area contributed by atoms with Crippen LogP contribution < -0.4 is 4.74 Å². The van der Waals surface area contributed by atoms with Crippen molar-refractivity contribution in [3.8, 4) is 5.75 Å². The van der Waals surface area contributed by atoms with Gasteiger partial charge in [0, 0.05) is 53.8 Å². The Bertz CT molecular complexity index is 909. The van der Waals surface area contributed by atoms with Gasteiger partial charge in [0.15, 0.2) is 11.5 Å². The Morgan fingerprint density at radius 3 is 2.69 bits per heavy atom. The molecule has 0 N–H and O–H groups in total. The van der Waals surface area contributed by atoms with Gasteiger partial charge in [0.05, 0.1) is 7.11 Å². The minimum absolute atomic E-state index is 0.00215. The van der Waals surface area contributed by atoms with E-state index >= 15 is 0 Å². The highest BCUT2D eigenvalue weighted by Gasteiger charge is 2.41. The molecule has 1 aliphatic rings. The zero-order valence-electron chi connectivity index (χ0n) is 16.5. The molecule has 0 saturated heterocycles. The number of methoxy groups -OCH3 is 1. The van der Waals surface area contributed by atoms with Gasteiger partial charge in [-0.2, -0.15) is 18.3 Å². The van der Waals surface area contributed by atoms with Crippen LogP contribution in [0.1, 0.15) is 36.4 Å². The lowest BCUT2D eigenvalue weighted by atomic mass is 10.0. The maximum Gasteiger partial charge on any atom is 0.435 e. The van der Waals surface area contributed by atoms with E-state index in [2.05, 4.69) is 5.10 Å². The van der Waals surface area contributed by atoms with Gasteiger partial charge < -0.3 is 4.74 Å². The molecule has 0 fully saturated rings. The molecule has 0 spiro atoms. The fourth-order valence-corrected chi connectivity index (χ4v) is 3.83. The number of Topliss-reactive ketones (excluding diaryl/α,β-unsaturated/α-hetero) is 1. The number of fused-ring (bicyclic) bond motifs is 1. The standard InChI is InChI=1S/C20H23ClF3N3O2/c1-12(2)26-7-6-17-16(11-26)19(20(22,23)24)25-27(17)10-15(28)9-13-8-14(21)4-5-18(13)29-3/h4-5,8,12H,6-7,9-11H2,1-3H3. The summed E-state index contributed by atoms with van der Waals surface area (Å²) in [6.45, 7) is 4.48. The van der Waals surface area contributed by atoms with Crippen molar-refractivity contribution >= 4 is 17.4 Å². The average Bonchev–Trinajstić information content (AvgIpc) is 3.00. The summed E-state index contributed by atoms with van der Waals surface area (Å²) in [6.07, 6.45) is -4.14. The van der Waals surface area contributed by atoms with Crippen molar-refractivity contribution in [3.63, 3.8) is 0 Å². The lowest BCUT2D eigenvalue weighted by Gasteiger charge is -2.31. The molecule has 5 nitrogen and oxygen atoms in total. The molecule has 0 bridgehead atoms. The smallest absolute Gasteiger partial charge is 0.435 e. The number of hydrogen-bond donors (Lipinski definition) is 0. The molecule has 29 heavy (non-hydrogen) atoms. The van der Waals surface area contributed by atoms with E-state index in [0.29, 0.717) is 35.0 Å². The number of benzene rings is 1. The first kappa shape index (κ1) is 21.6. The predicted octanol–water partition coefficient (Wildman–Crippen LogP) is 4.14. The van der Waals surface area contributed by atoms with Gasteiger partial charge in [-0.25, -0.2) is 0 Å². The van der Waals surface area contributed by atoms with Crippen LogP contribution in [0.2, 0.25) is 5.02 Å². The molecule has 0 amide bonds. The third-order valence-electron chi connectivity index (χ3n) is 5.12. The van der Waals surface area contributed by atoms with Crippen LogP contribution in [0, 0.1) is 0 Å². The van der Waals surface area contributed by atoms with E-state index in [0.717, 1.165) is 0 Å². The van der Waals surface area contributed by atoms with Gasteiger partial charge in [-0.3, -0.25) is 14.4 Å². The second-order valence-corrected chi connectivity index (χ2v) is 7.85. The number of halogens is 4. The van der Waals surface area contributed by atoms with Gasteiger partial charge in [0.1, 0.15) is 12.3 Å². The van der Waals surface area contributed by atoms with Crippen molar-refractivity contribution in [2.24, 2.45) is 0 Å². The molecule has 1 aliphatic heterocycles. The van der Waals surface area contributed by atoms with Crippen LogP contribution in [0.4, 0.5) is 13.2 Å². The minimum atomic E-state index is -4.56. The van der Waals surface area contributed by atoms with Crippen LogP contribution in [0.5, 0.6) is 5.75 Å². The Morgan fingerprint density at radius 2 is 2.07 bits per heavy atom. The van der Waals surface area contributed by atoms with Crippen LogP contribution in [0.15, 0.2) is 18.2 Å². The highest BCUT2D eigenvalue weighted by molar-refractivity contribution is 6.30. The number of hydrogen-bond acceptors (Lipinski definition) is 4. The van der Waals surface area contributed by atoms with Crippen LogP contribution >= 0.6 is 11.6 Å². The first-order valence-corrected chi connectivity index (χ1v) is 9.71. The third kappa shape index (κ3) is 4.75. The summed E-state index contributed by atoms with van der Waals surface area (Å²) in [5.41, 5.74) is 0.352. The fourth-order valence-electron chi connectivity index (χ4n) is 3.63. The molecule has 9 heteroatoms. The lowest BCUT2D eigenvalue weighted by molar-refractivity contribution is -0.142. The molecule has 0 atom stereocenters. The molecular weight excluding hydrogens is 407 g/mol.